The van der Waals surface area contributed by atoms with Crippen LogP contribution in [0, 0.1) is 0 Å². The largest absolute Gasteiger partial charge is 0.347 e. The van der Waals surface area contributed by atoms with Gasteiger partial charge in [-0.3, -0.25) is 4.99 Å². The van der Waals surface area contributed by atoms with Gasteiger partial charge in [0.2, 0.25) is 0 Å². The second-order valence-corrected chi connectivity index (χ2v) is 4.44. The lowest BCUT2D eigenvalue weighted by atomic mass is 10.2. The highest BCUT2D eigenvalue weighted by atomic mass is 32.2. The van der Waals surface area contributed by atoms with Crippen LogP contribution in [-0.4, -0.2) is 11.9 Å². The average molecular weight is 180 g/mol. The van der Waals surface area contributed by atoms with Crippen molar-refractivity contribution in [2.24, 2.45) is 4.99 Å². The van der Waals surface area contributed by atoms with E-state index in [1.54, 1.807) is 0 Å². The van der Waals surface area contributed by atoms with Crippen LogP contribution in [0.25, 0.3) is 0 Å². The summed E-state index contributed by atoms with van der Waals surface area (Å²) in [5.74, 6) is 1.02. The molecule has 2 heterocycles. The van der Waals surface area contributed by atoms with Crippen LogP contribution in [0.1, 0.15) is 20.8 Å². The van der Waals surface area contributed by atoms with Crippen molar-refractivity contribution in [2.75, 3.05) is 0 Å². The lowest BCUT2D eigenvalue weighted by Gasteiger charge is -2.18. The van der Waals surface area contributed by atoms with Crippen molar-refractivity contribution in [3.05, 3.63) is 21.6 Å². The van der Waals surface area contributed by atoms with Crippen LogP contribution < -0.4 is 5.32 Å². The standard InChI is InChI=1S/C9H12N2S/c1-5-4-8-9(12-5)6(2)10-7(3)11-8/h4,8H,1-3H3,(H,10,11). The molecule has 1 atom stereocenters. The lowest BCUT2D eigenvalue weighted by molar-refractivity contribution is 0.906. The number of rotatable bonds is 0. The number of thioether (sulfide) groups is 1. The van der Waals surface area contributed by atoms with Gasteiger partial charge in [0.15, 0.2) is 0 Å². The normalized spacial score (nSPS) is 27.8. The molecule has 0 saturated carbocycles. The summed E-state index contributed by atoms with van der Waals surface area (Å²) >= 11 is 1.83. The fourth-order valence-corrected chi connectivity index (χ4v) is 2.52. The maximum absolute atomic E-state index is 4.50. The molecule has 0 amide bonds. The molecule has 0 aliphatic carbocycles. The molecule has 0 bridgehead atoms. The number of fused-ring (bicyclic) bond motifs is 1. The van der Waals surface area contributed by atoms with Crippen LogP contribution in [0.4, 0.5) is 0 Å². The van der Waals surface area contributed by atoms with E-state index >= 15 is 0 Å². The number of hydrogen-bond acceptors (Lipinski definition) is 3. The number of nitrogens with zero attached hydrogens (tertiary/aromatic N) is 1. The highest BCUT2D eigenvalue weighted by Gasteiger charge is 2.24. The topological polar surface area (TPSA) is 24.4 Å². The molecule has 2 aliphatic rings. The summed E-state index contributed by atoms with van der Waals surface area (Å²) in [6, 6.07) is 0.302. The number of hydrogen-bond donors (Lipinski definition) is 1. The molecule has 0 radical (unpaired) electrons. The van der Waals surface area contributed by atoms with Gasteiger partial charge in [-0.25, -0.2) is 0 Å². The Labute approximate surface area is 76.8 Å². The summed E-state index contributed by atoms with van der Waals surface area (Å²) in [7, 11) is 0. The van der Waals surface area contributed by atoms with E-state index < -0.39 is 0 Å². The van der Waals surface area contributed by atoms with Crippen LogP contribution >= 0.6 is 11.8 Å². The zero-order valence-corrected chi connectivity index (χ0v) is 8.33. The smallest absolute Gasteiger partial charge is 0.104 e. The first kappa shape index (κ1) is 7.92. The third-order valence-corrected chi connectivity index (χ3v) is 3.23. The molecule has 1 N–H and O–H groups in total. The van der Waals surface area contributed by atoms with Crippen LogP contribution in [0.2, 0.25) is 0 Å². The van der Waals surface area contributed by atoms with Gasteiger partial charge in [-0.05, 0) is 31.8 Å². The lowest BCUT2D eigenvalue weighted by Crippen LogP contribution is -2.26. The zero-order valence-electron chi connectivity index (χ0n) is 7.51. The predicted octanol–water partition coefficient (Wildman–Crippen LogP) is 2.26. The molecule has 12 heavy (non-hydrogen) atoms. The minimum Gasteiger partial charge on any atom is -0.347 e. The summed E-state index contributed by atoms with van der Waals surface area (Å²) in [6.07, 6.45) is 2.22. The summed E-state index contributed by atoms with van der Waals surface area (Å²) < 4.78 is 0. The quantitative estimate of drug-likeness (QED) is 0.618. The Morgan fingerprint density at radius 1 is 1.42 bits per heavy atom. The van der Waals surface area contributed by atoms with E-state index in [9.17, 15) is 0 Å². The van der Waals surface area contributed by atoms with Crippen molar-refractivity contribution in [3.8, 4) is 0 Å². The Morgan fingerprint density at radius 2 is 2.17 bits per heavy atom. The molecule has 0 spiro atoms. The molecule has 2 nitrogen and oxygen atoms in total. The Hall–Kier alpha value is -0.700. The highest BCUT2D eigenvalue weighted by Crippen LogP contribution is 2.39. The maximum Gasteiger partial charge on any atom is 0.104 e. The predicted molar refractivity (Wildman–Crippen MR) is 54.1 cm³/mol. The number of nitrogens with one attached hydrogen (secondary N) is 1. The van der Waals surface area contributed by atoms with Gasteiger partial charge in [0, 0.05) is 10.6 Å². The first-order chi connectivity index (χ1) is 5.66. The van der Waals surface area contributed by atoms with Crippen LogP contribution in [0.5, 0.6) is 0 Å². The molecule has 1 unspecified atom stereocenters. The molecule has 64 valence electrons. The zero-order chi connectivity index (χ0) is 8.72. The van der Waals surface area contributed by atoms with Crippen LogP contribution in [-0.2, 0) is 0 Å². The summed E-state index contributed by atoms with van der Waals surface area (Å²) in [6.45, 7) is 6.25. The van der Waals surface area contributed by atoms with Crippen LogP contribution in [0.15, 0.2) is 26.6 Å². The average Bonchev–Trinajstić information content (AvgIpc) is 2.29. The molecule has 2 aliphatic heterocycles. The molecule has 0 aromatic heterocycles. The first-order valence-electron chi connectivity index (χ1n) is 4.05. The van der Waals surface area contributed by atoms with Gasteiger partial charge < -0.3 is 5.32 Å². The number of amidine groups is 1. The molecular weight excluding hydrogens is 168 g/mol. The fraction of sp³-hybridized carbons (Fsp3) is 0.444. The van der Waals surface area contributed by atoms with Gasteiger partial charge in [-0.15, -0.1) is 0 Å². The van der Waals surface area contributed by atoms with E-state index in [4.69, 9.17) is 0 Å². The Kier molecular flexibility index (Phi) is 1.76. The Bertz CT molecular complexity index is 312. The van der Waals surface area contributed by atoms with Crippen molar-refractivity contribution in [1.29, 1.82) is 0 Å². The summed E-state index contributed by atoms with van der Waals surface area (Å²) in [5, 5.41) is 3.25. The molecular formula is C9H12N2S. The monoisotopic (exact) mass is 180 g/mol. The van der Waals surface area contributed by atoms with Gasteiger partial charge in [0.05, 0.1) is 5.84 Å². The van der Waals surface area contributed by atoms with E-state index in [2.05, 4.69) is 30.2 Å². The minimum atomic E-state index is 0.302. The van der Waals surface area contributed by atoms with Gasteiger partial charge in [-0.2, -0.15) is 0 Å². The van der Waals surface area contributed by atoms with Gasteiger partial charge in [0.1, 0.15) is 6.04 Å². The van der Waals surface area contributed by atoms with E-state index in [1.165, 1.54) is 15.5 Å². The molecule has 0 fully saturated rings. The molecule has 0 saturated heterocycles. The van der Waals surface area contributed by atoms with Crippen LogP contribution in [0.3, 0.4) is 0 Å². The Morgan fingerprint density at radius 3 is 2.92 bits per heavy atom. The van der Waals surface area contributed by atoms with Crippen molar-refractivity contribution < 1.29 is 0 Å². The van der Waals surface area contributed by atoms with E-state index in [0.717, 1.165) is 5.84 Å². The number of allylic oxidation sites excluding steroid dienone is 2. The summed E-state index contributed by atoms with van der Waals surface area (Å²) in [4.78, 5) is 7.21. The van der Waals surface area contributed by atoms with Gasteiger partial charge in [0.25, 0.3) is 0 Å². The van der Waals surface area contributed by atoms with E-state index in [-0.39, 0.29) is 0 Å². The van der Waals surface area contributed by atoms with Crippen molar-refractivity contribution in [1.82, 2.24) is 5.32 Å². The second-order valence-electron chi connectivity index (χ2n) is 3.15. The Balaban J connectivity index is 2.37. The maximum atomic E-state index is 4.50. The van der Waals surface area contributed by atoms with Crippen molar-refractivity contribution >= 4 is 17.6 Å². The molecule has 2 rings (SSSR count). The van der Waals surface area contributed by atoms with Crippen molar-refractivity contribution in [2.45, 2.75) is 26.8 Å². The van der Waals surface area contributed by atoms with Gasteiger partial charge >= 0.3 is 0 Å². The summed E-state index contributed by atoms with van der Waals surface area (Å²) in [5.41, 5.74) is 1.26. The molecule has 0 aromatic carbocycles. The molecule has 3 heteroatoms. The molecule has 0 aromatic rings. The highest BCUT2D eigenvalue weighted by molar-refractivity contribution is 8.07. The number of aliphatic imine (C=N–C) groups is 1. The minimum absolute atomic E-state index is 0.302. The first-order valence-corrected chi connectivity index (χ1v) is 4.87. The SMILES string of the molecule is CC1=CC2N=C(C)NC(C)=C2S1. The van der Waals surface area contributed by atoms with E-state index in [1.807, 2.05) is 18.7 Å². The third-order valence-electron chi connectivity index (χ3n) is 2.00. The van der Waals surface area contributed by atoms with E-state index in [0.29, 0.717) is 6.04 Å². The fourth-order valence-electron chi connectivity index (χ4n) is 1.53. The van der Waals surface area contributed by atoms with Crippen molar-refractivity contribution in [3.63, 3.8) is 0 Å². The second kappa shape index (κ2) is 2.66. The van der Waals surface area contributed by atoms with Gasteiger partial charge in [-0.1, -0.05) is 11.8 Å². The third kappa shape index (κ3) is 1.18.